The molecule has 6 heteroatoms. The summed E-state index contributed by atoms with van der Waals surface area (Å²) in [7, 11) is 0. The van der Waals surface area contributed by atoms with Crippen molar-refractivity contribution >= 4 is 5.97 Å². The predicted molar refractivity (Wildman–Crippen MR) is 71.3 cm³/mol. The highest BCUT2D eigenvalue weighted by Gasteiger charge is 2.62. The zero-order valence-corrected chi connectivity index (χ0v) is 11.4. The summed E-state index contributed by atoms with van der Waals surface area (Å²) in [5.74, 6) is -0.668. The molecule has 3 rings (SSSR count). The Kier molecular flexibility index (Phi) is 3.71. The lowest BCUT2D eigenvalue weighted by molar-refractivity contribution is -0.133. The lowest BCUT2D eigenvalue weighted by Gasteiger charge is -2.30. The fourth-order valence-electron chi connectivity index (χ4n) is 2.80. The highest BCUT2D eigenvalue weighted by molar-refractivity contribution is 5.89. The summed E-state index contributed by atoms with van der Waals surface area (Å²) in [5.41, 5.74) is -1.16. The van der Waals surface area contributed by atoms with Crippen molar-refractivity contribution in [3.8, 4) is 0 Å². The Morgan fingerprint density at radius 3 is 2.57 bits per heavy atom. The number of aliphatic hydroxyl groups excluding tert-OH is 2. The Morgan fingerprint density at radius 1 is 1.29 bits per heavy atom. The lowest BCUT2D eigenvalue weighted by atomic mass is 9.87. The summed E-state index contributed by atoms with van der Waals surface area (Å²) in [6.45, 7) is -0.213. The van der Waals surface area contributed by atoms with Gasteiger partial charge in [0.25, 0.3) is 0 Å². The highest BCUT2D eigenvalue weighted by atomic mass is 16.7. The van der Waals surface area contributed by atoms with Crippen LogP contribution in [0.2, 0.25) is 0 Å². The van der Waals surface area contributed by atoms with Gasteiger partial charge in [0.1, 0.15) is 24.4 Å². The zero-order chi connectivity index (χ0) is 15.0. The van der Waals surface area contributed by atoms with Crippen molar-refractivity contribution in [1.82, 2.24) is 0 Å². The van der Waals surface area contributed by atoms with Gasteiger partial charge in [0.2, 0.25) is 0 Å². The summed E-state index contributed by atoms with van der Waals surface area (Å²) in [4.78, 5) is 11.9. The average Bonchev–Trinajstić information content (AvgIpc) is 3.32. The minimum absolute atomic E-state index is 0.134. The van der Waals surface area contributed by atoms with Crippen molar-refractivity contribution < 1.29 is 29.6 Å². The van der Waals surface area contributed by atoms with Crippen LogP contribution in [0.5, 0.6) is 0 Å². The van der Waals surface area contributed by atoms with E-state index in [0.717, 1.165) is 12.8 Å². The molecule has 1 unspecified atom stereocenters. The Bertz CT molecular complexity index is 514. The first-order chi connectivity index (χ1) is 10.0. The molecule has 114 valence electrons. The standard InChI is InChI=1S/C15H18O6/c16-12-14(18)21-11(15(12,19)10-6-7-10)8-20-13(17)9-4-2-1-3-5-9/h1-5,10-12,14,16,18-19H,6-8H2/t11-,12+,14?,15-/m1/s1. The minimum Gasteiger partial charge on any atom is -0.459 e. The summed E-state index contributed by atoms with van der Waals surface area (Å²) in [5, 5.41) is 30.1. The van der Waals surface area contributed by atoms with E-state index in [1.165, 1.54) is 0 Å². The molecule has 2 aliphatic rings. The Morgan fingerprint density at radius 2 is 1.95 bits per heavy atom. The Hall–Kier alpha value is -1.47. The molecule has 3 N–H and O–H groups in total. The van der Waals surface area contributed by atoms with Crippen molar-refractivity contribution in [2.45, 2.75) is 36.9 Å². The van der Waals surface area contributed by atoms with Crippen LogP contribution in [-0.4, -0.2) is 52.0 Å². The molecule has 0 aromatic heterocycles. The van der Waals surface area contributed by atoms with Gasteiger partial charge in [-0.15, -0.1) is 0 Å². The molecular formula is C15H18O6. The number of rotatable bonds is 4. The zero-order valence-electron chi connectivity index (χ0n) is 11.4. The first-order valence-electron chi connectivity index (χ1n) is 6.99. The van der Waals surface area contributed by atoms with Crippen molar-refractivity contribution in [3.63, 3.8) is 0 Å². The molecule has 4 atom stereocenters. The van der Waals surface area contributed by atoms with Crippen molar-refractivity contribution in [2.75, 3.05) is 6.61 Å². The second kappa shape index (κ2) is 5.38. The Labute approximate surface area is 121 Å². The SMILES string of the molecule is O=C(OC[C@H]1OC(O)[C@H](O)[C@@]1(O)C1CC1)c1ccccc1. The maximum atomic E-state index is 11.9. The number of hydrogen-bond acceptors (Lipinski definition) is 6. The topological polar surface area (TPSA) is 96.2 Å². The number of ether oxygens (including phenoxy) is 2. The second-order valence-corrected chi connectivity index (χ2v) is 5.59. The molecule has 1 aliphatic heterocycles. The monoisotopic (exact) mass is 294 g/mol. The fourth-order valence-corrected chi connectivity index (χ4v) is 2.80. The van der Waals surface area contributed by atoms with Crippen molar-refractivity contribution in [1.29, 1.82) is 0 Å². The molecule has 6 nitrogen and oxygen atoms in total. The van der Waals surface area contributed by atoms with Crippen LogP contribution in [0, 0.1) is 5.92 Å². The van der Waals surface area contributed by atoms with Gasteiger partial charge in [-0.1, -0.05) is 18.2 Å². The van der Waals surface area contributed by atoms with Crippen LogP contribution in [0.4, 0.5) is 0 Å². The molecule has 0 spiro atoms. The molecule has 1 aliphatic carbocycles. The van der Waals surface area contributed by atoms with E-state index in [1.54, 1.807) is 30.3 Å². The van der Waals surface area contributed by atoms with Crippen LogP contribution in [-0.2, 0) is 9.47 Å². The molecule has 0 radical (unpaired) electrons. The number of esters is 1. The quantitative estimate of drug-likeness (QED) is 0.680. The van der Waals surface area contributed by atoms with Crippen LogP contribution >= 0.6 is 0 Å². The summed E-state index contributed by atoms with van der Waals surface area (Å²) >= 11 is 0. The molecule has 1 heterocycles. The van der Waals surface area contributed by atoms with E-state index in [9.17, 15) is 20.1 Å². The molecule has 1 saturated heterocycles. The maximum Gasteiger partial charge on any atom is 0.338 e. The molecule has 1 saturated carbocycles. The fraction of sp³-hybridized carbons (Fsp3) is 0.533. The first-order valence-corrected chi connectivity index (χ1v) is 6.99. The van der Waals surface area contributed by atoms with E-state index >= 15 is 0 Å². The number of carbonyl (C=O) groups excluding carboxylic acids is 1. The van der Waals surface area contributed by atoms with Gasteiger partial charge >= 0.3 is 5.97 Å². The van der Waals surface area contributed by atoms with Gasteiger partial charge in [0, 0.05) is 0 Å². The largest absolute Gasteiger partial charge is 0.459 e. The van der Waals surface area contributed by atoms with Crippen LogP contribution in [0.25, 0.3) is 0 Å². The van der Waals surface area contributed by atoms with Gasteiger partial charge in [0.05, 0.1) is 5.56 Å². The molecule has 0 amide bonds. The van der Waals surface area contributed by atoms with E-state index in [4.69, 9.17) is 9.47 Å². The van der Waals surface area contributed by atoms with E-state index in [0.29, 0.717) is 5.56 Å². The molecule has 1 aromatic rings. The summed E-state index contributed by atoms with van der Waals surface area (Å²) < 4.78 is 10.3. The van der Waals surface area contributed by atoms with Gasteiger partial charge in [0.15, 0.2) is 6.29 Å². The van der Waals surface area contributed by atoms with Gasteiger partial charge in [-0.2, -0.15) is 0 Å². The third-order valence-corrected chi connectivity index (χ3v) is 4.17. The number of benzene rings is 1. The normalized spacial score (nSPS) is 35.7. The van der Waals surface area contributed by atoms with Crippen molar-refractivity contribution in [2.24, 2.45) is 5.92 Å². The first kappa shape index (κ1) is 14.5. The van der Waals surface area contributed by atoms with E-state index in [1.807, 2.05) is 0 Å². The third-order valence-electron chi connectivity index (χ3n) is 4.17. The molecular weight excluding hydrogens is 276 g/mol. The van der Waals surface area contributed by atoms with Crippen LogP contribution in [0.3, 0.4) is 0 Å². The van der Waals surface area contributed by atoms with Gasteiger partial charge < -0.3 is 24.8 Å². The number of carbonyl (C=O) groups is 1. The molecule has 0 bridgehead atoms. The van der Waals surface area contributed by atoms with E-state index < -0.39 is 30.1 Å². The third kappa shape index (κ3) is 2.55. The van der Waals surface area contributed by atoms with Crippen molar-refractivity contribution in [3.05, 3.63) is 35.9 Å². The van der Waals surface area contributed by atoms with Crippen LogP contribution < -0.4 is 0 Å². The highest BCUT2D eigenvalue weighted by Crippen LogP contribution is 2.48. The summed E-state index contributed by atoms with van der Waals surface area (Å²) in [6.07, 6.45) is -2.26. The van der Waals surface area contributed by atoms with Gasteiger partial charge in [-0.05, 0) is 30.9 Å². The van der Waals surface area contributed by atoms with Gasteiger partial charge in [-0.25, -0.2) is 4.79 Å². The molecule has 2 fully saturated rings. The molecule has 21 heavy (non-hydrogen) atoms. The van der Waals surface area contributed by atoms with E-state index in [2.05, 4.69) is 0 Å². The summed E-state index contributed by atoms with van der Waals surface area (Å²) in [6, 6.07) is 8.46. The Balaban J connectivity index is 1.66. The second-order valence-electron chi connectivity index (χ2n) is 5.59. The van der Waals surface area contributed by atoms with E-state index in [-0.39, 0.29) is 12.5 Å². The number of hydrogen-bond donors (Lipinski definition) is 3. The van der Waals surface area contributed by atoms with Crippen LogP contribution in [0.15, 0.2) is 30.3 Å². The molecule has 1 aromatic carbocycles. The van der Waals surface area contributed by atoms with Gasteiger partial charge in [-0.3, -0.25) is 0 Å². The average molecular weight is 294 g/mol. The number of aliphatic hydroxyl groups is 3. The smallest absolute Gasteiger partial charge is 0.338 e. The lowest BCUT2D eigenvalue weighted by Crippen LogP contribution is -2.51. The van der Waals surface area contributed by atoms with Crippen LogP contribution in [0.1, 0.15) is 23.2 Å². The minimum atomic E-state index is -1.56. The predicted octanol–water partition coefficient (Wildman–Crippen LogP) is 0.0626. The maximum absolute atomic E-state index is 11.9.